The van der Waals surface area contributed by atoms with Crippen LogP contribution in [0.15, 0.2) is 48.5 Å². The molecule has 0 fully saturated rings. The molecule has 2 aromatic carbocycles. The van der Waals surface area contributed by atoms with E-state index in [1.165, 1.54) is 11.1 Å². The second-order valence-corrected chi connectivity index (χ2v) is 6.26. The van der Waals surface area contributed by atoms with Crippen LogP contribution in [0.4, 0.5) is 0 Å². The average Bonchev–Trinajstić information content (AvgIpc) is 2.59. The van der Waals surface area contributed by atoms with Crippen molar-refractivity contribution in [2.75, 3.05) is 13.1 Å². The summed E-state index contributed by atoms with van der Waals surface area (Å²) in [5.41, 5.74) is 3.71. The number of carbonyl (C=O) groups excluding carboxylic acids is 1. The molecule has 2 aromatic rings. The molecular formula is C19H21ClN2O. The molecule has 1 heterocycles. The second kappa shape index (κ2) is 7.62. The Morgan fingerprint density at radius 1 is 1.09 bits per heavy atom. The van der Waals surface area contributed by atoms with E-state index < -0.39 is 0 Å². The molecule has 0 bridgehead atoms. The zero-order valence-corrected chi connectivity index (χ0v) is 13.9. The van der Waals surface area contributed by atoms with Crippen LogP contribution in [0, 0.1) is 0 Å². The Kier molecular flexibility index (Phi) is 5.31. The molecule has 1 amide bonds. The Hall–Kier alpha value is -1.84. The minimum absolute atomic E-state index is 0.214. The van der Waals surface area contributed by atoms with Crippen molar-refractivity contribution < 1.29 is 4.79 Å². The summed E-state index contributed by atoms with van der Waals surface area (Å²) in [6.07, 6.45) is 1.47. The normalized spacial score (nSPS) is 13.7. The smallest absolute Gasteiger partial charge is 0.224 e. The zero-order valence-electron chi connectivity index (χ0n) is 13.1. The summed E-state index contributed by atoms with van der Waals surface area (Å²) in [5, 5.41) is 4.06. The third-order valence-corrected chi connectivity index (χ3v) is 4.64. The van der Waals surface area contributed by atoms with E-state index in [2.05, 4.69) is 23.5 Å². The number of hydrogen-bond donors (Lipinski definition) is 1. The van der Waals surface area contributed by atoms with Gasteiger partial charge in [-0.25, -0.2) is 0 Å². The van der Waals surface area contributed by atoms with Gasteiger partial charge >= 0.3 is 0 Å². The summed E-state index contributed by atoms with van der Waals surface area (Å²) >= 11 is 6.12. The Labute approximate surface area is 142 Å². The van der Waals surface area contributed by atoms with E-state index in [0.717, 1.165) is 30.1 Å². The highest BCUT2D eigenvalue weighted by molar-refractivity contribution is 6.31. The molecule has 0 saturated heterocycles. The van der Waals surface area contributed by atoms with Crippen LogP contribution in [0.1, 0.15) is 23.1 Å². The molecule has 0 unspecified atom stereocenters. The zero-order chi connectivity index (χ0) is 16.1. The van der Waals surface area contributed by atoms with Crippen molar-refractivity contribution in [2.24, 2.45) is 0 Å². The van der Waals surface area contributed by atoms with E-state index >= 15 is 0 Å². The van der Waals surface area contributed by atoms with Crippen LogP contribution in [0.25, 0.3) is 0 Å². The first-order chi connectivity index (χ1) is 11.2. The van der Waals surface area contributed by atoms with Crippen molar-refractivity contribution in [1.29, 1.82) is 0 Å². The Bertz CT molecular complexity index is 687. The van der Waals surface area contributed by atoms with Crippen LogP contribution in [0.2, 0.25) is 5.02 Å². The predicted molar refractivity (Wildman–Crippen MR) is 93.3 cm³/mol. The molecule has 1 aliphatic heterocycles. The fourth-order valence-electron chi connectivity index (χ4n) is 2.93. The van der Waals surface area contributed by atoms with E-state index in [9.17, 15) is 4.79 Å². The molecule has 1 aliphatic rings. The minimum Gasteiger partial charge on any atom is -0.338 e. The number of nitrogens with zero attached hydrogens (tertiary/aromatic N) is 1. The summed E-state index contributed by atoms with van der Waals surface area (Å²) in [5.74, 6) is 0.214. The van der Waals surface area contributed by atoms with E-state index in [0.29, 0.717) is 19.5 Å². The molecule has 3 nitrogen and oxygen atoms in total. The fourth-order valence-corrected chi connectivity index (χ4v) is 3.13. The quantitative estimate of drug-likeness (QED) is 0.853. The lowest BCUT2D eigenvalue weighted by Gasteiger charge is -2.29. The van der Waals surface area contributed by atoms with Gasteiger partial charge in [-0.3, -0.25) is 4.79 Å². The number of hydrogen-bond acceptors (Lipinski definition) is 2. The highest BCUT2D eigenvalue weighted by Gasteiger charge is 2.19. The molecule has 3 rings (SSSR count). The third-order valence-electron chi connectivity index (χ3n) is 4.27. The molecule has 4 heteroatoms. The molecular weight excluding hydrogens is 308 g/mol. The Balaban J connectivity index is 1.45. The predicted octanol–water partition coefficient (Wildman–Crippen LogP) is 3.40. The van der Waals surface area contributed by atoms with E-state index in [-0.39, 0.29) is 5.91 Å². The highest BCUT2D eigenvalue weighted by Crippen LogP contribution is 2.19. The van der Waals surface area contributed by atoms with Gasteiger partial charge in [-0.2, -0.15) is 0 Å². The van der Waals surface area contributed by atoms with Gasteiger partial charge in [0.25, 0.3) is 0 Å². The first-order valence-electron chi connectivity index (χ1n) is 8.03. The van der Waals surface area contributed by atoms with Gasteiger partial charge in [0.15, 0.2) is 0 Å². The first kappa shape index (κ1) is 16.0. The van der Waals surface area contributed by atoms with E-state index in [4.69, 9.17) is 11.6 Å². The summed E-state index contributed by atoms with van der Waals surface area (Å²) in [7, 11) is 0. The number of rotatable bonds is 5. The molecule has 0 atom stereocenters. The molecule has 0 aromatic heterocycles. The van der Waals surface area contributed by atoms with Gasteiger partial charge in [-0.05, 0) is 29.2 Å². The van der Waals surface area contributed by atoms with Crippen molar-refractivity contribution in [3.8, 4) is 0 Å². The Morgan fingerprint density at radius 2 is 1.83 bits per heavy atom. The first-order valence-corrected chi connectivity index (χ1v) is 8.40. The van der Waals surface area contributed by atoms with Gasteiger partial charge in [0.1, 0.15) is 0 Å². The van der Waals surface area contributed by atoms with Crippen LogP contribution in [-0.4, -0.2) is 23.9 Å². The number of amides is 1. The molecule has 23 heavy (non-hydrogen) atoms. The maximum atomic E-state index is 12.3. The van der Waals surface area contributed by atoms with Crippen molar-refractivity contribution in [3.63, 3.8) is 0 Å². The molecule has 0 aliphatic carbocycles. The van der Waals surface area contributed by atoms with Crippen LogP contribution in [0.3, 0.4) is 0 Å². The van der Waals surface area contributed by atoms with Gasteiger partial charge in [-0.1, -0.05) is 54.1 Å². The van der Waals surface area contributed by atoms with E-state index in [1.54, 1.807) is 0 Å². The number of carbonyl (C=O) groups is 1. The molecule has 0 saturated carbocycles. The maximum absolute atomic E-state index is 12.3. The molecule has 1 N–H and O–H groups in total. The van der Waals surface area contributed by atoms with Crippen molar-refractivity contribution in [1.82, 2.24) is 10.2 Å². The van der Waals surface area contributed by atoms with Gasteiger partial charge in [0, 0.05) is 37.6 Å². The second-order valence-electron chi connectivity index (χ2n) is 5.85. The van der Waals surface area contributed by atoms with Crippen LogP contribution < -0.4 is 5.32 Å². The van der Waals surface area contributed by atoms with Crippen LogP contribution in [-0.2, 0) is 24.3 Å². The number of benzene rings is 2. The van der Waals surface area contributed by atoms with Gasteiger partial charge in [0.2, 0.25) is 5.91 Å². The van der Waals surface area contributed by atoms with Crippen molar-refractivity contribution >= 4 is 17.5 Å². The van der Waals surface area contributed by atoms with Gasteiger partial charge < -0.3 is 10.2 Å². The minimum atomic E-state index is 0.214. The van der Waals surface area contributed by atoms with Crippen molar-refractivity contribution in [3.05, 3.63) is 70.2 Å². The number of halogens is 1. The maximum Gasteiger partial charge on any atom is 0.224 e. The van der Waals surface area contributed by atoms with E-state index in [1.807, 2.05) is 35.2 Å². The lowest BCUT2D eigenvalue weighted by molar-refractivity contribution is -0.132. The topological polar surface area (TPSA) is 32.3 Å². The standard InChI is InChI=1S/C19H21ClN2O/c20-18-8-4-3-6-16(18)13-21-11-9-19(23)22-12-10-15-5-1-2-7-17(15)14-22/h1-8,21H,9-14H2. The van der Waals surface area contributed by atoms with Crippen molar-refractivity contribution in [2.45, 2.75) is 25.9 Å². The lowest BCUT2D eigenvalue weighted by atomic mass is 10.00. The van der Waals surface area contributed by atoms with Gasteiger partial charge in [-0.15, -0.1) is 0 Å². The largest absolute Gasteiger partial charge is 0.338 e. The summed E-state index contributed by atoms with van der Waals surface area (Å²) in [6, 6.07) is 16.1. The average molecular weight is 329 g/mol. The summed E-state index contributed by atoms with van der Waals surface area (Å²) in [6.45, 7) is 2.91. The summed E-state index contributed by atoms with van der Waals surface area (Å²) < 4.78 is 0. The highest BCUT2D eigenvalue weighted by atomic mass is 35.5. The van der Waals surface area contributed by atoms with Crippen LogP contribution in [0.5, 0.6) is 0 Å². The fraction of sp³-hybridized carbons (Fsp3) is 0.316. The molecule has 0 spiro atoms. The lowest BCUT2D eigenvalue weighted by Crippen LogP contribution is -2.37. The Morgan fingerprint density at radius 3 is 2.65 bits per heavy atom. The third kappa shape index (κ3) is 4.12. The molecule has 0 radical (unpaired) electrons. The number of fused-ring (bicyclic) bond motifs is 1. The monoisotopic (exact) mass is 328 g/mol. The molecule has 120 valence electrons. The van der Waals surface area contributed by atoms with Gasteiger partial charge in [0.05, 0.1) is 0 Å². The summed E-state index contributed by atoms with van der Waals surface area (Å²) in [4.78, 5) is 14.3. The van der Waals surface area contributed by atoms with Crippen LogP contribution >= 0.6 is 11.6 Å². The number of nitrogens with one attached hydrogen (secondary N) is 1. The SMILES string of the molecule is O=C(CCNCc1ccccc1Cl)N1CCc2ccccc2C1.